The van der Waals surface area contributed by atoms with E-state index in [1.807, 2.05) is 0 Å². The summed E-state index contributed by atoms with van der Waals surface area (Å²) >= 11 is 6.17. The van der Waals surface area contributed by atoms with E-state index in [0.717, 1.165) is 6.92 Å². The largest absolute Gasteiger partial charge is 0.451 e. The topological polar surface area (TPSA) is 69.0 Å². The number of nitrogens with zero attached hydrogens (tertiary/aromatic N) is 6. The van der Waals surface area contributed by atoms with Crippen molar-refractivity contribution in [1.29, 1.82) is 0 Å². The van der Waals surface area contributed by atoms with Gasteiger partial charge in [0.2, 0.25) is 0 Å². The molecule has 0 spiro atoms. The van der Waals surface area contributed by atoms with Crippen LogP contribution >= 0.6 is 11.6 Å². The molecule has 13 heteroatoms. The van der Waals surface area contributed by atoms with Crippen LogP contribution in [0.3, 0.4) is 0 Å². The zero-order chi connectivity index (χ0) is 22.4. The van der Waals surface area contributed by atoms with Crippen molar-refractivity contribution in [3.63, 3.8) is 0 Å². The molecule has 3 aromatic rings. The lowest BCUT2D eigenvalue weighted by molar-refractivity contribution is -0.190. The first-order valence-electron chi connectivity index (χ1n) is 9.24. The van der Waals surface area contributed by atoms with Gasteiger partial charge in [-0.3, -0.25) is 0 Å². The Morgan fingerprint density at radius 3 is 2.61 bits per heavy atom. The van der Waals surface area contributed by atoms with Gasteiger partial charge in [-0.05, 0) is 18.6 Å². The quantitative estimate of drug-likeness (QED) is 0.532. The van der Waals surface area contributed by atoms with Gasteiger partial charge in [0.15, 0.2) is 23.1 Å². The van der Waals surface area contributed by atoms with Crippen LogP contribution in [0.5, 0.6) is 6.01 Å². The van der Waals surface area contributed by atoms with Gasteiger partial charge in [-0.25, -0.2) is 13.5 Å². The third-order valence-corrected chi connectivity index (χ3v) is 5.18. The number of rotatable bonds is 5. The van der Waals surface area contributed by atoms with Crippen LogP contribution in [0.1, 0.15) is 18.9 Å². The molecule has 1 aromatic carbocycles. The second-order valence-corrected chi connectivity index (χ2v) is 7.58. The standard InChI is InChI=1S/C18H16ClF5N6O/c1-10(18(22,23)24)31-16-25-14(29-7-6-17(20,21)9-29)13-15(26-16)30(28-27-13)8-11-4-2-3-5-12(11)19/h2-5,10H,6-9H2,1H3/t10-/m1/s1. The summed E-state index contributed by atoms with van der Waals surface area (Å²) in [6.45, 7) is 0.211. The molecule has 1 aliphatic rings. The molecule has 0 bridgehead atoms. The molecule has 0 saturated carbocycles. The van der Waals surface area contributed by atoms with E-state index in [-0.39, 0.29) is 30.1 Å². The van der Waals surface area contributed by atoms with Gasteiger partial charge in [-0.15, -0.1) is 5.10 Å². The zero-order valence-electron chi connectivity index (χ0n) is 16.1. The van der Waals surface area contributed by atoms with E-state index >= 15 is 0 Å². The molecule has 0 aliphatic carbocycles. The van der Waals surface area contributed by atoms with E-state index < -0.39 is 37.2 Å². The summed E-state index contributed by atoms with van der Waals surface area (Å²) in [4.78, 5) is 9.23. The fourth-order valence-corrected chi connectivity index (χ4v) is 3.33. The van der Waals surface area contributed by atoms with Crippen LogP contribution in [0.25, 0.3) is 11.2 Å². The Morgan fingerprint density at radius 1 is 1.23 bits per heavy atom. The maximum absolute atomic E-state index is 13.8. The maximum atomic E-state index is 13.8. The highest BCUT2D eigenvalue weighted by Gasteiger charge is 2.41. The molecule has 4 rings (SSSR count). The number of hydrogen-bond donors (Lipinski definition) is 0. The Kier molecular flexibility index (Phi) is 5.36. The van der Waals surface area contributed by atoms with Crippen molar-refractivity contribution >= 4 is 28.6 Å². The van der Waals surface area contributed by atoms with Gasteiger partial charge in [0.05, 0.1) is 13.1 Å². The summed E-state index contributed by atoms with van der Waals surface area (Å²) in [6, 6.07) is 6.30. The van der Waals surface area contributed by atoms with Gasteiger partial charge in [-0.1, -0.05) is 35.0 Å². The smallest absolute Gasteiger partial charge is 0.425 e. The van der Waals surface area contributed by atoms with Gasteiger partial charge in [0.1, 0.15) is 0 Å². The summed E-state index contributed by atoms with van der Waals surface area (Å²) in [6.07, 6.45) is -7.28. The number of benzene rings is 1. The van der Waals surface area contributed by atoms with Crippen LogP contribution < -0.4 is 9.64 Å². The van der Waals surface area contributed by atoms with E-state index in [1.54, 1.807) is 24.3 Å². The fraction of sp³-hybridized carbons (Fsp3) is 0.444. The van der Waals surface area contributed by atoms with Gasteiger partial charge < -0.3 is 9.64 Å². The average Bonchev–Trinajstić information content (AvgIpc) is 3.25. The number of aromatic nitrogens is 5. The highest BCUT2D eigenvalue weighted by molar-refractivity contribution is 6.31. The second kappa shape index (κ2) is 7.74. The third kappa shape index (κ3) is 4.48. The monoisotopic (exact) mass is 462 g/mol. The number of hydrogen-bond acceptors (Lipinski definition) is 6. The van der Waals surface area contributed by atoms with Crippen LogP contribution in [-0.4, -0.2) is 56.3 Å². The molecule has 0 unspecified atom stereocenters. The van der Waals surface area contributed by atoms with Gasteiger partial charge >= 0.3 is 12.2 Å². The molecule has 166 valence electrons. The molecule has 1 saturated heterocycles. The lowest BCUT2D eigenvalue weighted by Crippen LogP contribution is -2.32. The van der Waals surface area contributed by atoms with Crippen LogP contribution in [0, 0.1) is 0 Å². The normalized spacial score (nSPS) is 17.3. The summed E-state index contributed by atoms with van der Waals surface area (Å²) < 4.78 is 72.6. The van der Waals surface area contributed by atoms with Crippen molar-refractivity contribution in [1.82, 2.24) is 25.0 Å². The number of fused-ring (bicyclic) bond motifs is 1. The summed E-state index contributed by atoms with van der Waals surface area (Å²) in [5, 5.41) is 8.42. The second-order valence-electron chi connectivity index (χ2n) is 7.17. The van der Waals surface area contributed by atoms with Gasteiger partial charge in [0, 0.05) is 18.0 Å². The zero-order valence-corrected chi connectivity index (χ0v) is 16.8. The number of halogens is 6. The molecule has 0 N–H and O–H groups in total. The van der Waals surface area contributed by atoms with Crippen molar-refractivity contribution in [2.45, 2.75) is 38.1 Å². The summed E-state index contributed by atoms with van der Waals surface area (Å²) in [7, 11) is 0. The first-order chi connectivity index (χ1) is 14.5. The van der Waals surface area contributed by atoms with Crippen molar-refractivity contribution in [3.05, 3.63) is 34.9 Å². The Labute approximate surface area is 177 Å². The van der Waals surface area contributed by atoms with E-state index in [1.165, 1.54) is 9.58 Å². The minimum Gasteiger partial charge on any atom is -0.451 e. The molecular weight excluding hydrogens is 447 g/mol. The molecule has 0 amide bonds. The maximum Gasteiger partial charge on any atom is 0.425 e. The van der Waals surface area contributed by atoms with Crippen molar-refractivity contribution in [2.75, 3.05) is 18.0 Å². The first kappa shape index (κ1) is 21.5. The average molecular weight is 463 g/mol. The van der Waals surface area contributed by atoms with Crippen LogP contribution in [0.15, 0.2) is 24.3 Å². The van der Waals surface area contributed by atoms with Crippen molar-refractivity contribution in [3.8, 4) is 6.01 Å². The molecule has 1 atom stereocenters. The Hall–Kier alpha value is -2.76. The highest BCUT2D eigenvalue weighted by atomic mass is 35.5. The molecule has 0 radical (unpaired) electrons. The van der Waals surface area contributed by atoms with Crippen molar-refractivity contribution < 1.29 is 26.7 Å². The SMILES string of the molecule is C[C@@H](Oc1nc(N2CCC(F)(F)C2)c2nnn(Cc3ccccc3Cl)c2n1)C(F)(F)F. The molecule has 7 nitrogen and oxygen atoms in total. The first-order valence-corrected chi connectivity index (χ1v) is 9.62. The van der Waals surface area contributed by atoms with Gasteiger partial charge in [0.25, 0.3) is 5.92 Å². The van der Waals surface area contributed by atoms with E-state index in [4.69, 9.17) is 16.3 Å². The Morgan fingerprint density at radius 2 is 1.97 bits per heavy atom. The lowest BCUT2D eigenvalue weighted by atomic mass is 10.2. The minimum atomic E-state index is -4.66. The van der Waals surface area contributed by atoms with Crippen LogP contribution in [0.4, 0.5) is 27.8 Å². The summed E-state index contributed by atoms with van der Waals surface area (Å²) in [5.41, 5.74) is 0.788. The lowest BCUT2D eigenvalue weighted by Gasteiger charge is -2.20. The molecule has 1 fully saturated rings. The highest BCUT2D eigenvalue weighted by Crippen LogP contribution is 2.34. The minimum absolute atomic E-state index is 0.0458. The van der Waals surface area contributed by atoms with E-state index in [9.17, 15) is 22.0 Å². The molecule has 1 aliphatic heterocycles. The third-order valence-electron chi connectivity index (χ3n) is 4.81. The number of anilines is 1. The van der Waals surface area contributed by atoms with E-state index in [0.29, 0.717) is 10.6 Å². The number of ether oxygens (including phenoxy) is 1. The molecule has 3 heterocycles. The molecular formula is C18H16ClF5N6O. The van der Waals surface area contributed by atoms with Crippen LogP contribution in [0.2, 0.25) is 5.02 Å². The fourth-order valence-electron chi connectivity index (χ4n) is 3.13. The Bertz CT molecular complexity index is 1100. The number of alkyl halides is 5. The molecule has 31 heavy (non-hydrogen) atoms. The predicted octanol–water partition coefficient (Wildman–Crippen LogP) is 4.10. The molecule has 2 aromatic heterocycles. The Balaban J connectivity index is 1.78. The predicted molar refractivity (Wildman–Crippen MR) is 102 cm³/mol. The van der Waals surface area contributed by atoms with Gasteiger partial charge in [-0.2, -0.15) is 23.1 Å². The van der Waals surface area contributed by atoms with E-state index in [2.05, 4.69) is 20.3 Å². The van der Waals surface area contributed by atoms with Crippen LogP contribution in [-0.2, 0) is 6.54 Å². The summed E-state index contributed by atoms with van der Waals surface area (Å²) in [5.74, 6) is -3.01. The van der Waals surface area contributed by atoms with Crippen molar-refractivity contribution in [2.24, 2.45) is 0 Å².